The van der Waals surface area contributed by atoms with Crippen LogP contribution in [-0.4, -0.2) is 67.0 Å². The normalized spacial score (nSPS) is 17.2. The highest BCUT2D eigenvalue weighted by Crippen LogP contribution is 2.42. The average molecular weight is 479 g/mol. The van der Waals surface area contributed by atoms with Gasteiger partial charge in [-0.2, -0.15) is 0 Å². The second-order valence-electron chi connectivity index (χ2n) is 8.75. The molecule has 1 saturated heterocycles. The van der Waals surface area contributed by atoms with Crippen LogP contribution < -0.4 is 9.47 Å². The van der Waals surface area contributed by atoms with Gasteiger partial charge in [-0.15, -0.1) is 0 Å². The molecule has 1 N–H and O–H groups in total. The Morgan fingerprint density at radius 1 is 1.11 bits per heavy atom. The molecule has 1 atom stereocenters. The van der Waals surface area contributed by atoms with Crippen molar-refractivity contribution in [1.29, 1.82) is 0 Å². The Labute approximate surface area is 207 Å². The highest BCUT2D eigenvalue weighted by atomic mass is 16.5. The van der Waals surface area contributed by atoms with Crippen molar-refractivity contribution in [3.8, 4) is 11.5 Å². The van der Waals surface area contributed by atoms with E-state index in [1.54, 1.807) is 41.3 Å². The van der Waals surface area contributed by atoms with Crippen molar-refractivity contribution in [2.75, 3.05) is 40.4 Å². The molecule has 0 saturated carbocycles. The monoisotopic (exact) mass is 478 g/mol. The van der Waals surface area contributed by atoms with E-state index in [0.717, 1.165) is 12.1 Å². The fourth-order valence-corrected chi connectivity index (χ4v) is 4.11. The summed E-state index contributed by atoms with van der Waals surface area (Å²) in [6.45, 7) is 9.35. The fraction of sp³-hybridized carbons (Fsp3) is 0.357. The number of aliphatic hydroxyl groups is 1. The molecule has 0 spiro atoms. The molecule has 7 nitrogen and oxygen atoms in total. The lowest BCUT2D eigenvalue weighted by Gasteiger charge is -2.26. The van der Waals surface area contributed by atoms with Crippen molar-refractivity contribution in [2.24, 2.45) is 0 Å². The van der Waals surface area contributed by atoms with E-state index >= 15 is 0 Å². The number of likely N-dealkylation sites (tertiary alicyclic amines) is 1. The average Bonchev–Trinajstić information content (AvgIpc) is 3.08. The molecule has 1 amide bonds. The van der Waals surface area contributed by atoms with E-state index in [9.17, 15) is 14.7 Å². The van der Waals surface area contributed by atoms with Gasteiger partial charge >= 0.3 is 0 Å². The smallest absolute Gasteiger partial charge is 0.295 e. The highest BCUT2D eigenvalue weighted by molar-refractivity contribution is 6.46. The van der Waals surface area contributed by atoms with Crippen LogP contribution in [0.3, 0.4) is 0 Å². The maximum Gasteiger partial charge on any atom is 0.295 e. The van der Waals surface area contributed by atoms with Crippen molar-refractivity contribution in [2.45, 2.75) is 26.3 Å². The fourth-order valence-electron chi connectivity index (χ4n) is 4.11. The van der Waals surface area contributed by atoms with Crippen molar-refractivity contribution in [1.82, 2.24) is 9.80 Å². The first-order chi connectivity index (χ1) is 16.8. The minimum absolute atomic E-state index is 0.0749. The Morgan fingerprint density at radius 3 is 2.46 bits per heavy atom. The molecule has 2 aromatic rings. The van der Waals surface area contributed by atoms with Crippen molar-refractivity contribution in [3.05, 3.63) is 77.4 Å². The number of ether oxygens (including phenoxy) is 2. The van der Waals surface area contributed by atoms with Gasteiger partial charge in [0.1, 0.15) is 12.4 Å². The van der Waals surface area contributed by atoms with E-state index < -0.39 is 17.7 Å². The van der Waals surface area contributed by atoms with Gasteiger partial charge in [-0.1, -0.05) is 48.6 Å². The van der Waals surface area contributed by atoms with Crippen LogP contribution in [0.2, 0.25) is 0 Å². The molecule has 3 rings (SSSR count). The first-order valence-electron chi connectivity index (χ1n) is 11.8. The summed E-state index contributed by atoms with van der Waals surface area (Å²) in [7, 11) is 3.92. The number of aryl methyl sites for hydroxylation is 1. The first kappa shape index (κ1) is 26.0. The number of nitrogens with zero attached hydrogens (tertiary/aromatic N) is 2. The third-order valence-corrected chi connectivity index (χ3v) is 5.81. The summed E-state index contributed by atoms with van der Waals surface area (Å²) in [5.74, 6) is -0.455. The van der Waals surface area contributed by atoms with Crippen LogP contribution in [0.5, 0.6) is 11.5 Å². The zero-order chi connectivity index (χ0) is 25.5. The Kier molecular flexibility index (Phi) is 8.71. The molecule has 35 heavy (non-hydrogen) atoms. The first-order valence-corrected chi connectivity index (χ1v) is 11.8. The molecule has 186 valence electrons. The van der Waals surface area contributed by atoms with Gasteiger partial charge in [0.2, 0.25) is 0 Å². The molecule has 0 radical (unpaired) electrons. The van der Waals surface area contributed by atoms with Crippen molar-refractivity contribution < 1.29 is 24.2 Å². The predicted molar refractivity (Wildman–Crippen MR) is 137 cm³/mol. The standard InChI is InChI=1S/C28H34N2O5/c1-6-17-35-22-14-13-21(18-23(22)34-7-2)25-24(26(31)20-11-9-19(3)10-12-20)27(32)28(33)30(25)16-8-15-29(4)5/h6,9-14,18,25,31H,1,7-8,15-17H2,2-5H3/t25-/m1/s1. The summed E-state index contributed by atoms with van der Waals surface area (Å²) >= 11 is 0. The number of amides is 1. The van der Waals surface area contributed by atoms with Crippen LogP contribution in [0.25, 0.3) is 5.76 Å². The number of carbonyl (C=O) groups is 2. The summed E-state index contributed by atoms with van der Waals surface area (Å²) in [6, 6.07) is 11.8. The summed E-state index contributed by atoms with van der Waals surface area (Å²) in [5.41, 5.74) is 2.25. The van der Waals surface area contributed by atoms with E-state index in [0.29, 0.717) is 48.8 Å². The third kappa shape index (κ3) is 5.92. The molecule has 1 fully saturated rings. The van der Waals surface area contributed by atoms with E-state index in [-0.39, 0.29) is 11.3 Å². The molecular formula is C28H34N2O5. The SMILES string of the molecule is C=CCOc1ccc([C@@H]2C(=C(O)c3ccc(C)cc3)C(=O)C(=O)N2CCCN(C)C)cc1OCC. The second kappa shape index (κ2) is 11.7. The molecule has 0 bridgehead atoms. The Hall–Kier alpha value is -3.58. The largest absolute Gasteiger partial charge is 0.507 e. The topological polar surface area (TPSA) is 79.3 Å². The lowest BCUT2D eigenvalue weighted by atomic mass is 9.94. The Morgan fingerprint density at radius 2 is 1.83 bits per heavy atom. The number of hydrogen-bond donors (Lipinski definition) is 1. The predicted octanol–water partition coefficient (Wildman–Crippen LogP) is 4.33. The van der Waals surface area contributed by atoms with Gasteiger partial charge in [-0.3, -0.25) is 9.59 Å². The van der Waals surface area contributed by atoms with Crippen LogP contribution >= 0.6 is 0 Å². The maximum atomic E-state index is 13.2. The van der Waals surface area contributed by atoms with Crippen LogP contribution in [0, 0.1) is 6.92 Å². The van der Waals surface area contributed by atoms with Crippen LogP contribution in [-0.2, 0) is 9.59 Å². The van der Waals surface area contributed by atoms with E-state index in [4.69, 9.17) is 9.47 Å². The van der Waals surface area contributed by atoms with Gasteiger partial charge in [0.25, 0.3) is 11.7 Å². The summed E-state index contributed by atoms with van der Waals surface area (Å²) in [6.07, 6.45) is 2.32. The number of rotatable bonds is 11. The molecule has 2 aromatic carbocycles. The molecule has 0 aliphatic carbocycles. The van der Waals surface area contributed by atoms with Crippen LogP contribution in [0.4, 0.5) is 0 Å². The summed E-state index contributed by atoms with van der Waals surface area (Å²) in [4.78, 5) is 29.9. The number of aliphatic hydroxyl groups excluding tert-OH is 1. The van der Waals surface area contributed by atoms with Gasteiger partial charge < -0.3 is 24.4 Å². The van der Waals surface area contributed by atoms with E-state index in [1.165, 1.54) is 0 Å². The number of hydrogen-bond acceptors (Lipinski definition) is 6. The number of carbonyl (C=O) groups excluding carboxylic acids is 2. The van der Waals surface area contributed by atoms with Gasteiger partial charge in [0.15, 0.2) is 11.5 Å². The third-order valence-electron chi connectivity index (χ3n) is 5.81. The Balaban J connectivity index is 2.12. The minimum atomic E-state index is -0.744. The van der Waals surface area contributed by atoms with Gasteiger partial charge in [0, 0.05) is 12.1 Å². The molecule has 7 heteroatoms. The number of ketones is 1. The van der Waals surface area contributed by atoms with E-state index in [1.807, 2.05) is 45.0 Å². The second-order valence-corrected chi connectivity index (χ2v) is 8.75. The highest BCUT2D eigenvalue weighted by Gasteiger charge is 2.46. The maximum absolute atomic E-state index is 13.2. The van der Waals surface area contributed by atoms with Crippen molar-refractivity contribution >= 4 is 17.4 Å². The van der Waals surface area contributed by atoms with Crippen LogP contribution in [0.15, 0.2) is 60.7 Å². The zero-order valence-corrected chi connectivity index (χ0v) is 20.9. The van der Waals surface area contributed by atoms with E-state index in [2.05, 4.69) is 6.58 Å². The lowest BCUT2D eigenvalue weighted by molar-refractivity contribution is -0.139. The van der Waals surface area contributed by atoms with Gasteiger partial charge in [0.05, 0.1) is 18.2 Å². The molecular weight excluding hydrogens is 444 g/mol. The summed E-state index contributed by atoms with van der Waals surface area (Å²) in [5, 5.41) is 11.2. The van der Waals surface area contributed by atoms with Crippen LogP contribution in [0.1, 0.15) is 36.1 Å². The Bertz CT molecular complexity index is 1100. The summed E-state index contributed by atoms with van der Waals surface area (Å²) < 4.78 is 11.5. The van der Waals surface area contributed by atoms with Gasteiger partial charge in [-0.05, 0) is 58.6 Å². The molecule has 1 aliphatic rings. The number of Topliss-reactive ketones (excluding diaryl/α,β-unsaturated/α-hetero) is 1. The molecule has 0 unspecified atom stereocenters. The molecule has 0 aromatic heterocycles. The quantitative estimate of drug-likeness (QED) is 0.224. The van der Waals surface area contributed by atoms with Crippen molar-refractivity contribution in [3.63, 3.8) is 0 Å². The minimum Gasteiger partial charge on any atom is -0.507 e. The zero-order valence-electron chi connectivity index (χ0n) is 20.9. The molecule has 1 heterocycles. The molecule has 1 aliphatic heterocycles. The van der Waals surface area contributed by atoms with Gasteiger partial charge in [-0.25, -0.2) is 0 Å². The lowest BCUT2D eigenvalue weighted by Crippen LogP contribution is -2.32. The number of benzene rings is 2.